The predicted octanol–water partition coefficient (Wildman–Crippen LogP) is 20.8. The number of hydroxylamine groups is 2. The van der Waals surface area contributed by atoms with E-state index in [0.717, 1.165) is 33.9 Å². The van der Waals surface area contributed by atoms with Crippen LogP contribution in [0, 0.1) is 63.7 Å². The average molecular weight is 1490 g/mol. The molecule has 108 heavy (non-hydrogen) atoms. The second-order valence-corrected chi connectivity index (χ2v) is 25.6. The highest BCUT2D eigenvalue weighted by molar-refractivity contribution is 6.20. The molecule has 562 valence electrons. The third-order valence-corrected chi connectivity index (χ3v) is 16.8. The summed E-state index contributed by atoms with van der Waals surface area (Å²) >= 11 is 5.58. The molecular formula is C88H86ClF5N2O12. The van der Waals surface area contributed by atoms with Crippen LogP contribution < -0.4 is 24.8 Å². The first-order valence-electron chi connectivity index (χ1n) is 34.3. The van der Waals surface area contributed by atoms with Gasteiger partial charge >= 0.3 is 0 Å². The summed E-state index contributed by atoms with van der Waals surface area (Å²) in [6.07, 6.45) is -2.15. The largest absolute Gasteiger partial charge is 0.508 e. The second kappa shape index (κ2) is 41.5. The van der Waals surface area contributed by atoms with Gasteiger partial charge in [0.25, 0.3) is 11.8 Å². The third kappa shape index (κ3) is 26.0. The number of nitrogens with zero attached hydrogens (tertiary/aromatic N) is 1. The minimum absolute atomic E-state index is 0.00259. The van der Waals surface area contributed by atoms with E-state index >= 15 is 0 Å². The third-order valence-electron chi connectivity index (χ3n) is 16.5. The Kier molecular flexibility index (Phi) is 32.3. The van der Waals surface area contributed by atoms with Gasteiger partial charge in [-0.2, -0.15) is 0 Å². The van der Waals surface area contributed by atoms with E-state index in [2.05, 4.69) is 23.9 Å². The van der Waals surface area contributed by atoms with Crippen LogP contribution in [0.4, 0.5) is 22.0 Å². The van der Waals surface area contributed by atoms with Gasteiger partial charge in [-0.1, -0.05) is 161 Å². The molecule has 2 amide bonds. The minimum Gasteiger partial charge on any atom is -0.508 e. The number of halogens is 6. The zero-order valence-electron chi connectivity index (χ0n) is 61.6. The van der Waals surface area contributed by atoms with Gasteiger partial charge < -0.3 is 29.2 Å². The number of fused-ring (bicyclic) bond motifs is 1. The molecule has 0 bridgehead atoms. The molecule has 11 aromatic rings. The summed E-state index contributed by atoms with van der Waals surface area (Å²) in [6, 6.07) is 67.9. The number of hydrogen-bond donors (Lipinski definition) is 3. The maximum absolute atomic E-state index is 14.7. The number of aromatic hydroxyl groups is 1. The molecule has 1 aliphatic rings. The van der Waals surface area contributed by atoms with Gasteiger partial charge in [0.15, 0.2) is 11.6 Å². The van der Waals surface area contributed by atoms with Gasteiger partial charge in [-0.3, -0.25) is 28.9 Å². The molecule has 11 aromatic carbocycles. The Morgan fingerprint density at radius 3 is 1.00 bits per heavy atom. The van der Waals surface area contributed by atoms with Gasteiger partial charge in [0.05, 0.1) is 28.4 Å². The lowest BCUT2D eigenvalue weighted by Gasteiger charge is -2.20. The zero-order chi connectivity index (χ0) is 78.6. The number of carbonyl (C=O) groups is 4. The number of alkyl halides is 1. The monoisotopic (exact) mass is 1490 g/mol. The van der Waals surface area contributed by atoms with Crippen LogP contribution >= 0.6 is 11.6 Å². The standard InChI is InChI=1S/C24H20FNO4.C16H18FNO2.C16H17FO2.C16H15FO2.C8H9Cl.C8H7FO2/c1-15-7-9-17(10-8-15)14-29-18-11-12-19(22(25)13-18)16(2)30-26-23(27)20-5-3-4-6-21(20)24(26)28;1-11-3-5-13(6-4-11)10-19-14-7-8-15(12(2)20-18)16(17)9-14;2*1-11-3-5-13(6-4-11)10-19-14-7-8-15(12(2)18)16(17)9-14;1-7-2-4-8(6-9)5-3-7;1-5(10)7-3-2-6(11)4-8(7)9/h3-13,16H,14H2,1-2H3;3-9,12H,10,18H2,1-2H3;3-9,12,18H,10H2,1-2H3;3-9H,10H2,1-2H3;2-5H,6H2,1H3;2-4,11H,1H3. The molecule has 0 aromatic heterocycles. The fourth-order valence-corrected chi connectivity index (χ4v) is 10.3. The van der Waals surface area contributed by atoms with Crippen LogP contribution in [0.15, 0.2) is 237 Å². The Morgan fingerprint density at radius 2 is 0.704 bits per heavy atom. The summed E-state index contributed by atoms with van der Waals surface area (Å²) in [6.45, 7) is 19.0. The number of hydrogen-bond acceptors (Lipinski definition) is 13. The molecule has 20 heteroatoms. The van der Waals surface area contributed by atoms with Crippen LogP contribution in [-0.4, -0.2) is 38.7 Å². The van der Waals surface area contributed by atoms with Crippen LogP contribution in [0.1, 0.15) is 167 Å². The van der Waals surface area contributed by atoms with Crippen LogP contribution in [-0.2, 0) is 42.0 Å². The van der Waals surface area contributed by atoms with E-state index in [4.69, 9.17) is 46.4 Å². The highest BCUT2D eigenvalue weighted by Crippen LogP contribution is 2.31. The predicted molar refractivity (Wildman–Crippen MR) is 407 cm³/mol. The van der Waals surface area contributed by atoms with Crippen LogP contribution in [0.5, 0.6) is 28.7 Å². The van der Waals surface area contributed by atoms with Gasteiger partial charge in [-0.25, -0.2) is 27.8 Å². The van der Waals surface area contributed by atoms with Crippen LogP contribution in [0.3, 0.4) is 0 Å². The molecule has 4 N–H and O–H groups in total. The number of nitrogens with two attached hydrogens (primary N) is 1. The molecule has 0 radical (unpaired) electrons. The molecule has 3 unspecified atom stereocenters. The number of aryl methyl sites for hydroxylation is 5. The Hall–Kier alpha value is -11.3. The van der Waals surface area contributed by atoms with Crippen molar-refractivity contribution in [2.75, 3.05) is 0 Å². The number of aliphatic hydroxyl groups is 1. The number of phenols is 1. The SMILES string of the molecule is CC(=O)c1ccc(O)cc1F.CC(=O)c1ccc(OCc2ccc(C)cc2)cc1F.Cc1ccc(CCl)cc1.Cc1ccc(COc2ccc(C(C)O)c(F)c2)cc1.Cc1ccc(COc2ccc(C(C)ON)c(F)c2)cc1.Cc1ccc(COc2ccc(C(C)ON3C(=O)c4ccccc4C3=O)c(F)c2)cc1. The summed E-state index contributed by atoms with van der Waals surface area (Å²) in [5.41, 5.74) is 12.8. The Morgan fingerprint density at radius 1 is 0.407 bits per heavy atom. The molecule has 0 spiro atoms. The average Bonchev–Trinajstić information content (AvgIpc) is 1.64. The number of ketones is 2. The maximum Gasteiger partial charge on any atom is 0.285 e. The highest BCUT2D eigenvalue weighted by atomic mass is 35.5. The number of aliphatic hydroxyl groups excluding tert-OH is 1. The fraction of sp³-hybridized carbons (Fsp3) is 0.205. The summed E-state index contributed by atoms with van der Waals surface area (Å²) < 4.78 is 90.7. The normalized spacial score (nSPS) is 11.9. The molecule has 1 heterocycles. The van der Waals surface area contributed by atoms with Gasteiger partial charge in [0.2, 0.25) is 0 Å². The van der Waals surface area contributed by atoms with Crippen molar-refractivity contribution in [3.8, 4) is 28.7 Å². The Balaban J connectivity index is 0.000000187. The quantitative estimate of drug-likeness (QED) is 0.0202. The van der Waals surface area contributed by atoms with Crippen LogP contribution in [0.2, 0.25) is 0 Å². The van der Waals surface area contributed by atoms with Crippen molar-refractivity contribution in [1.82, 2.24) is 5.06 Å². The van der Waals surface area contributed by atoms with Crippen molar-refractivity contribution < 1.29 is 80.0 Å². The first-order valence-corrected chi connectivity index (χ1v) is 34.8. The Labute approximate surface area is 631 Å². The lowest BCUT2D eigenvalue weighted by Crippen LogP contribution is -2.31. The highest BCUT2D eigenvalue weighted by Gasteiger charge is 2.38. The fourth-order valence-electron chi connectivity index (χ4n) is 10.1. The van der Waals surface area contributed by atoms with Gasteiger partial charge in [-0.05, 0) is 170 Å². The Bertz CT molecular complexity index is 4740. The summed E-state index contributed by atoms with van der Waals surface area (Å²) in [4.78, 5) is 56.7. The smallest absolute Gasteiger partial charge is 0.285 e. The molecule has 0 fully saturated rings. The number of amides is 2. The molecule has 3 atom stereocenters. The number of phenolic OH excluding ortho intramolecular Hbond substituents is 1. The number of Topliss-reactive ketones (excluding diaryl/α,β-unsaturated/α-hetero) is 2. The van der Waals surface area contributed by atoms with E-state index < -0.39 is 53.4 Å². The zero-order valence-corrected chi connectivity index (χ0v) is 62.3. The van der Waals surface area contributed by atoms with E-state index in [0.29, 0.717) is 65.9 Å². The number of ether oxygens (including phenoxy) is 4. The van der Waals surface area contributed by atoms with E-state index in [9.17, 15) is 46.2 Å². The second-order valence-electron chi connectivity index (χ2n) is 25.3. The van der Waals surface area contributed by atoms with Crippen molar-refractivity contribution in [1.29, 1.82) is 0 Å². The first kappa shape index (κ1) is 83.9. The molecule has 14 nitrogen and oxygen atoms in total. The molecule has 0 saturated heterocycles. The van der Waals surface area contributed by atoms with Gasteiger partial charge in [0.1, 0.15) is 96.5 Å². The van der Waals surface area contributed by atoms with E-state index in [1.807, 2.05) is 137 Å². The molecule has 0 aliphatic carbocycles. The molecule has 0 saturated carbocycles. The van der Waals surface area contributed by atoms with E-state index in [-0.39, 0.29) is 56.5 Å². The number of benzene rings is 11. The van der Waals surface area contributed by atoms with Gasteiger partial charge in [-0.15, -0.1) is 16.7 Å². The van der Waals surface area contributed by atoms with E-state index in [1.54, 1.807) is 74.5 Å². The molecule has 1 aliphatic heterocycles. The van der Waals surface area contributed by atoms with Crippen molar-refractivity contribution in [2.45, 2.75) is 120 Å². The summed E-state index contributed by atoms with van der Waals surface area (Å²) in [5, 5.41) is 18.8. The van der Waals surface area contributed by atoms with Crippen LogP contribution in [0.25, 0.3) is 0 Å². The minimum atomic E-state index is -0.849. The summed E-state index contributed by atoms with van der Waals surface area (Å²) in [7, 11) is 0. The van der Waals surface area contributed by atoms with Crippen molar-refractivity contribution in [3.63, 3.8) is 0 Å². The van der Waals surface area contributed by atoms with Crippen molar-refractivity contribution in [3.05, 3.63) is 360 Å². The first-order chi connectivity index (χ1) is 51.6. The van der Waals surface area contributed by atoms with E-state index in [1.165, 1.54) is 97.1 Å². The number of carbonyl (C=O) groups excluding carboxylic acids is 4. The topological polar surface area (TPSA) is 193 Å². The molecule has 12 rings (SSSR count). The summed E-state index contributed by atoms with van der Waals surface area (Å²) in [5.74, 6) is 2.89. The lowest BCUT2D eigenvalue weighted by molar-refractivity contribution is -0.129. The number of imide groups is 1. The van der Waals surface area contributed by atoms with Crippen molar-refractivity contribution in [2.24, 2.45) is 5.90 Å². The maximum atomic E-state index is 14.7. The van der Waals surface area contributed by atoms with Gasteiger partial charge in [0, 0.05) is 52.9 Å². The van der Waals surface area contributed by atoms with Crippen molar-refractivity contribution >= 4 is 35.0 Å². The number of rotatable bonds is 21. The molecular weight excluding hydrogens is 1410 g/mol. The lowest BCUT2D eigenvalue weighted by atomic mass is 10.1.